The first-order valence-corrected chi connectivity index (χ1v) is 11.5. The van der Waals surface area contributed by atoms with Crippen molar-refractivity contribution in [2.24, 2.45) is 0 Å². The monoisotopic (exact) mass is 496 g/mol. The molecule has 8 heteroatoms. The first kappa shape index (κ1) is 23.2. The smallest absolute Gasteiger partial charge is 0.246 e. The zero-order valence-electron chi connectivity index (χ0n) is 18.4. The molecular formula is C25H22Cl2N4OS. The summed E-state index contributed by atoms with van der Waals surface area (Å²) >= 11 is 18.4. The van der Waals surface area contributed by atoms with Crippen molar-refractivity contribution in [3.8, 4) is 17.1 Å². The van der Waals surface area contributed by atoms with Crippen molar-refractivity contribution in [3.63, 3.8) is 0 Å². The van der Waals surface area contributed by atoms with Gasteiger partial charge in [0.05, 0.1) is 10.7 Å². The molecule has 4 aromatic rings. The Kier molecular flexibility index (Phi) is 6.70. The van der Waals surface area contributed by atoms with E-state index in [0.29, 0.717) is 26.2 Å². The van der Waals surface area contributed by atoms with Crippen LogP contribution in [0.15, 0.2) is 60.7 Å². The second-order valence-corrected chi connectivity index (χ2v) is 9.14. The Bertz CT molecular complexity index is 1420. The number of halogens is 2. The first-order chi connectivity index (χ1) is 15.7. The molecule has 4 rings (SSSR count). The fourth-order valence-corrected chi connectivity index (χ4v) is 4.34. The van der Waals surface area contributed by atoms with Gasteiger partial charge in [-0.1, -0.05) is 47.5 Å². The molecule has 0 aliphatic heterocycles. The topological polar surface area (TPSA) is 51.9 Å². The largest absolute Gasteiger partial charge is 0.324 e. The van der Waals surface area contributed by atoms with Gasteiger partial charge in [0.15, 0.2) is 5.82 Å². The van der Waals surface area contributed by atoms with E-state index in [1.165, 1.54) is 4.68 Å². The molecule has 1 heterocycles. The van der Waals surface area contributed by atoms with Gasteiger partial charge in [0.1, 0.15) is 6.54 Å². The molecule has 1 N–H and O–H groups in total. The summed E-state index contributed by atoms with van der Waals surface area (Å²) in [5.41, 5.74) is 5.39. The molecule has 1 aromatic heterocycles. The molecule has 168 valence electrons. The number of carbonyl (C=O) groups is 1. The van der Waals surface area contributed by atoms with Gasteiger partial charge in [0.2, 0.25) is 10.7 Å². The Labute approximate surface area is 207 Å². The number of benzene rings is 3. The van der Waals surface area contributed by atoms with Crippen LogP contribution < -0.4 is 5.32 Å². The number of hydrogen-bond donors (Lipinski definition) is 1. The minimum atomic E-state index is -0.220. The zero-order valence-corrected chi connectivity index (χ0v) is 20.7. The third-order valence-corrected chi connectivity index (χ3v) is 6.17. The number of rotatable bonds is 5. The van der Waals surface area contributed by atoms with Gasteiger partial charge in [-0.05, 0) is 86.1 Å². The first-order valence-electron chi connectivity index (χ1n) is 10.3. The van der Waals surface area contributed by atoms with Crippen molar-refractivity contribution >= 4 is 47.0 Å². The summed E-state index contributed by atoms with van der Waals surface area (Å²) in [4.78, 5) is 12.9. The molecule has 0 atom stereocenters. The van der Waals surface area contributed by atoms with E-state index in [0.717, 1.165) is 28.1 Å². The average Bonchev–Trinajstić information content (AvgIpc) is 3.06. The van der Waals surface area contributed by atoms with Gasteiger partial charge < -0.3 is 5.32 Å². The number of anilines is 1. The van der Waals surface area contributed by atoms with Crippen LogP contribution in [0.4, 0.5) is 5.69 Å². The summed E-state index contributed by atoms with van der Waals surface area (Å²) in [6.07, 6.45) is 0. The highest BCUT2D eigenvalue weighted by atomic mass is 35.5. The standard InChI is InChI=1S/C25H22Cl2N4OS/c1-15-5-4-6-19(11-15)31-24(20-10-9-18(26)13-21(20)27)29-30(25(31)33)14-23(32)28-22-12-16(2)7-8-17(22)3/h4-13H,14H2,1-3H3,(H,28,32). The van der Waals surface area contributed by atoms with Crippen molar-refractivity contribution in [1.82, 2.24) is 14.3 Å². The SMILES string of the molecule is Cc1cccc(-n2c(-c3ccc(Cl)cc3Cl)nn(CC(=O)Nc3cc(C)ccc3C)c2=S)c1. The fourth-order valence-electron chi connectivity index (χ4n) is 3.55. The van der Waals surface area contributed by atoms with E-state index in [9.17, 15) is 4.79 Å². The fraction of sp³-hybridized carbons (Fsp3) is 0.160. The van der Waals surface area contributed by atoms with Gasteiger partial charge >= 0.3 is 0 Å². The predicted molar refractivity (Wildman–Crippen MR) is 137 cm³/mol. The van der Waals surface area contributed by atoms with Crippen LogP contribution in [0.1, 0.15) is 16.7 Å². The number of aryl methyl sites for hydroxylation is 3. The summed E-state index contributed by atoms with van der Waals surface area (Å²) in [6.45, 7) is 5.90. The van der Waals surface area contributed by atoms with Crippen LogP contribution in [0.25, 0.3) is 17.1 Å². The second-order valence-electron chi connectivity index (χ2n) is 7.93. The molecule has 0 saturated carbocycles. The number of aromatic nitrogens is 3. The van der Waals surface area contributed by atoms with Gasteiger partial charge in [-0.3, -0.25) is 9.36 Å². The maximum absolute atomic E-state index is 12.9. The molecule has 0 saturated heterocycles. The quantitative estimate of drug-likeness (QED) is 0.304. The van der Waals surface area contributed by atoms with Crippen LogP contribution in [0.2, 0.25) is 10.0 Å². The summed E-state index contributed by atoms with van der Waals surface area (Å²) in [7, 11) is 0. The van der Waals surface area contributed by atoms with E-state index >= 15 is 0 Å². The van der Waals surface area contributed by atoms with Crippen molar-refractivity contribution in [2.75, 3.05) is 5.32 Å². The van der Waals surface area contributed by atoms with Gasteiger partial charge in [0.25, 0.3) is 0 Å². The number of nitrogens with one attached hydrogen (secondary N) is 1. The lowest BCUT2D eigenvalue weighted by Gasteiger charge is -2.09. The maximum Gasteiger partial charge on any atom is 0.246 e. The van der Waals surface area contributed by atoms with Crippen molar-refractivity contribution < 1.29 is 4.79 Å². The average molecular weight is 497 g/mol. The zero-order chi connectivity index (χ0) is 23.7. The molecule has 1 amide bonds. The molecule has 0 fully saturated rings. The maximum atomic E-state index is 12.9. The number of nitrogens with zero attached hydrogens (tertiary/aromatic N) is 3. The van der Waals surface area contributed by atoms with E-state index in [2.05, 4.69) is 10.4 Å². The van der Waals surface area contributed by atoms with E-state index in [1.807, 2.05) is 67.8 Å². The predicted octanol–water partition coefficient (Wildman–Crippen LogP) is 6.94. The normalized spacial score (nSPS) is 10.9. The summed E-state index contributed by atoms with van der Waals surface area (Å²) in [6, 6.07) is 19.0. The Morgan fingerprint density at radius 3 is 2.48 bits per heavy atom. The highest BCUT2D eigenvalue weighted by molar-refractivity contribution is 7.71. The third-order valence-electron chi connectivity index (χ3n) is 5.23. The molecule has 0 spiro atoms. The summed E-state index contributed by atoms with van der Waals surface area (Å²) < 4.78 is 3.72. The van der Waals surface area contributed by atoms with Crippen LogP contribution in [0.3, 0.4) is 0 Å². The highest BCUT2D eigenvalue weighted by Crippen LogP contribution is 2.31. The van der Waals surface area contributed by atoms with Crippen LogP contribution in [-0.2, 0) is 11.3 Å². The third kappa shape index (κ3) is 5.03. The van der Waals surface area contributed by atoms with Crippen LogP contribution in [-0.4, -0.2) is 20.3 Å². The molecule has 5 nitrogen and oxygen atoms in total. The summed E-state index contributed by atoms with van der Waals surface area (Å²) in [5, 5.41) is 8.62. The van der Waals surface area contributed by atoms with Gasteiger partial charge in [0, 0.05) is 16.3 Å². The lowest BCUT2D eigenvalue weighted by molar-refractivity contribution is -0.116. The molecule has 0 bridgehead atoms. The van der Waals surface area contributed by atoms with E-state index in [-0.39, 0.29) is 12.5 Å². The molecule has 0 unspecified atom stereocenters. The molecule has 33 heavy (non-hydrogen) atoms. The second kappa shape index (κ2) is 9.51. The summed E-state index contributed by atoms with van der Waals surface area (Å²) in [5.74, 6) is 0.314. The Morgan fingerprint density at radius 1 is 1.00 bits per heavy atom. The molecule has 0 aliphatic rings. The van der Waals surface area contributed by atoms with Crippen LogP contribution in [0, 0.1) is 25.5 Å². The van der Waals surface area contributed by atoms with Crippen molar-refractivity contribution in [3.05, 3.63) is 92.2 Å². The molecular weight excluding hydrogens is 475 g/mol. The number of hydrogen-bond acceptors (Lipinski definition) is 3. The highest BCUT2D eigenvalue weighted by Gasteiger charge is 2.19. The van der Waals surface area contributed by atoms with Crippen molar-refractivity contribution in [2.45, 2.75) is 27.3 Å². The van der Waals surface area contributed by atoms with Gasteiger partial charge in [-0.25, -0.2) is 4.68 Å². The van der Waals surface area contributed by atoms with Crippen LogP contribution in [0.5, 0.6) is 0 Å². The molecule has 0 aliphatic carbocycles. The molecule has 0 radical (unpaired) electrons. The van der Waals surface area contributed by atoms with Gasteiger partial charge in [-0.2, -0.15) is 5.10 Å². The number of amides is 1. The molecule has 3 aromatic carbocycles. The number of carbonyl (C=O) groups excluding carboxylic acids is 1. The van der Waals surface area contributed by atoms with Crippen molar-refractivity contribution in [1.29, 1.82) is 0 Å². The Balaban J connectivity index is 1.77. The van der Waals surface area contributed by atoms with E-state index in [1.54, 1.807) is 18.2 Å². The Morgan fingerprint density at radius 2 is 1.76 bits per heavy atom. The van der Waals surface area contributed by atoms with Crippen LogP contribution >= 0.6 is 35.4 Å². The lowest BCUT2D eigenvalue weighted by atomic mass is 10.1. The van der Waals surface area contributed by atoms with E-state index in [4.69, 9.17) is 35.4 Å². The van der Waals surface area contributed by atoms with E-state index < -0.39 is 0 Å². The van der Waals surface area contributed by atoms with Gasteiger partial charge in [-0.15, -0.1) is 0 Å². The Hall–Kier alpha value is -2.93. The minimum absolute atomic E-state index is 0.0385. The minimum Gasteiger partial charge on any atom is -0.324 e. The lowest BCUT2D eigenvalue weighted by Crippen LogP contribution is -2.20.